The molecule has 2 rings (SSSR count). The van der Waals surface area contributed by atoms with E-state index in [2.05, 4.69) is 0 Å². The molecule has 1 aromatic carbocycles. The molecule has 1 N–H and O–H groups in total. The van der Waals surface area contributed by atoms with Gasteiger partial charge in [-0.2, -0.15) is 4.31 Å². The normalized spacial score (nSPS) is 19.9. The minimum absolute atomic E-state index is 0.0243. The van der Waals surface area contributed by atoms with Crippen LogP contribution in [0.3, 0.4) is 0 Å². The van der Waals surface area contributed by atoms with Crippen molar-refractivity contribution in [2.24, 2.45) is 5.92 Å². The van der Waals surface area contributed by atoms with Crippen molar-refractivity contribution in [3.8, 4) is 5.75 Å². The lowest BCUT2D eigenvalue weighted by atomic mass is 10.1. The number of nitrogens with zero attached hydrogens (tertiary/aromatic N) is 1. The number of rotatable bonds is 5. The number of carboxylic acid groups (broad SMARTS) is 1. The summed E-state index contributed by atoms with van der Waals surface area (Å²) in [6, 6.07) is 6.26. The maximum absolute atomic E-state index is 12.4. The van der Waals surface area contributed by atoms with Gasteiger partial charge in [-0.3, -0.25) is 4.79 Å². The third kappa shape index (κ3) is 2.94. The van der Waals surface area contributed by atoms with Crippen LogP contribution in [-0.4, -0.2) is 43.5 Å². The van der Waals surface area contributed by atoms with Crippen molar-refractivity contribution in [1.82, 2.24) is 4.31 Å². The zero-order valence-electron chi connectivity index (χ0n) is 11.2. The van der Waals surface area contributed by atoms with Gasteiger partial charge in [-0.15, -0.1) is 0 Å². The van der Waals surface area contributed by atoms with Crippen molar-refractivity contribution >= 4 is 16.0 Å². The van der Waals surface area contributed by atoms with Crippen molar-refractivity contribution in [2.45, 2.75) is 18.2 Å². The average Bonchev–Trinajstić information content (AvgIpc) is 2.90. The molecule has 1 aromatic rings. The first-order valence-electron chi connectivity index (χ1n) is 6.41. The molecular formula is C13H17NO5S. The number of ether oxygens (including phenoxy) is 1. The van der Waals surface area contributed by atoms with E-state index in [1.807, 2.05) is 6.92 Å². The third-order valence-electron chi connectivity index (χ3n) is 3.25. The first kappa shape index (κ1) is 14.8. The molecule has 0 spiro atoms. The Bertz CT molecular complexity index is 599. The predicted molar refractivity (Wildman–Crippen MR) is 72.1 cm³/mol. The molecule has 0 bridgehead atoms. The second kappa shape index (κ2) is 5.80. The van der Waals surface area contributed by atoms with E-state index in [0.29, 0.717) is 18.8 Å². The van der Waals surface area contributed by atoms with Crippen molar-refractivity contribution < 1.29 is 23.1 Å². The fourth-order valence-electron chi connectivity index (χ4n) is 2.19. The lowest BCUT2D eigenvalue weighted by Gasteiger charge is -2.16. The summed E-state index contributed by atoms with van der Waals surface area (Å²) in [6.07, 6.45) is 0.347. The van der Waals surface area contributed by atoms with E-state index in [1.54, 1.807) is 12.1 Å². The van der Waals surface area contributed by atoms with Crippen LogP contribution in [0.4, 0.5) is 0 Å². The van der Waals surface area contributed by atoms with Crippen LogP contribution in [0.25, 0.3) is 0 Å². The highest BCUT2D eigenvalue weighted by atomic mass is 32.2. The van der Waals surface area contributed by atoms with E-state index in [1.165, 1.54) is 16.4 Å². The fourth-order valence-corrected chi connectivity index (χ4v) is 3.72. The largest absolute Gasteiger partial charge is 0.494 e. The summed E-state index contributed by atoms with van der Waals surface area (Å²) in [5, 5.41) is 8.94. The van der Waals surface area contributed by atoms with Gasteiger partial charge < -0.3 is 9.84 Å². The molecule has 1 saturated heterocycles. The molecule has 0 amide bonds. The number of hydrogen-bond acceptors (Lipinski definition) is 4. The van der Waals surface area contributed by atoms with E-state index >= 15 is 0 Å². The molecule has 6 nitrogen and oxygen atoms in total. The van der Waals surface area contributed by atoms with Crippen LogP contribution in [-0.2, 0) is 14.8 Å². The Morgan fingerprint density at radius 3 is 2.85 bits per heavy atom. The molecule has 1 aliphatic heterocycles. The second-order valence-electron chi connectivity index (χ2n) is 4.59. The predicted octanol–water partition coefficient (Wildman–Crippen LogP) is 1.18. The summed E-state index contributed by atoms with van der Waals surface area (Å²) in [5.41, 5.74) is 0. The lowest BCUT2D eigenvalue weighted by molar-refractivity contribution is -0.141. The molecule has 1 fully saturated rings. The molecule has 0 saturated carbocycles. The Kier molecular flexibility index (Phi) is 4.29. The summed E-state index contributed by atoms with van der Waals surface area (Å²) in [4.78, 5) is 11.0. The van der Waals surface area contributed by atoms with Crippen LogP contribution in [0, 0.1) is 5.92 Å². The number of hydrogen-bond donors (Lipinski definition) is 1. The van der Waals surface area contributed by atoms with Gasteiger partial charge in [0, 0.05) is 19.2 Å². The molecule has 0 unspecified atom stereocenters. The minimum Gasteiger partial charge on any atom is -0.494 e. The van der Waals surface area contributed by atoms with Crippen molar-refractivity contribution in [1.29, 1.82) is 0 Å². The summed E-state index contributed by atoms with van der Waals surface area (Å²) in [6.45, 7) is 2.53. The third-order valence-corrected chi connectivity index (χ3v) is 5.12. The zero-order valence-corrected chi connectivity index (χ0v) is 12.0. The van der Waals surface area contributed by atoms with Crippen LogP contribution in [0.15, 0.2) is 29.2 Å². The Morgan fingerprint density at radius 2 is 2.25 bits per heavy atom. The minimum atomic E-state index is -3.66. The van der Waals surface area contributed by atoms with Gasteiger partial charge in [0.25, 0.3) is 0 Å². The van der Waals surface area contributed by atoms with Crippen LogP contribution in [0.2, 0.25) is 0 Å². The van der Waals surface area contributed by atoms with Gasteiger partial charge >= 0.3 is 5.97 Å². The number of carbonyl (C=O) groups is 1. The SMILES string of the molecule is CCOc1cccc(S(=O)(=O)N2CC[C@H](C(=O)O)C2)c1. The van der Waals surface area contributed by atoms with E-state index in [9.17, 15) is 13.2 Å². The van der Waals surface area contributed by atoms with Gasteiger partial charge in [0.15, 0.2) is 0 Å². The van der Waals surface area contributed by atoms with Crippen molar-refractivity contribution in [3.05, 3.63) is 24.3 Å². The zero-order chi connectivity index (χ0) is 14.8. The summed E-state index contributed by atoms with van der Waals surface area (Å²) < 4.78 is 31.4. The maximum atomic E-state index is 12.4. The first-order chi connectivity index (χ1) is 9.45. The van der Waals surface area contributed by atoms with Gasteiger partial charge in [0.1, 0.15) is 5.75 Å². The van der Waals surface area contributed by atoms with Crippen molar-refractivity contribution in [2.75, 3.05) is 19.7 Å². The first-order valence-corrected chi connectivity index (χ1v) is 7.85. The van der Waals surface area contributed by atoms with Crippen LogP contribution in [0.1, 0.15) is 13.3 Å². The standard InChI is InChI=1S/C13H17NO5S/c1-2-19-11-4-3-5-12(8-11)20(17,18)14-7-6-10(9-14)13(15)16/h3-5,8,10H,2,6-7,9H2,1H3,(H,15,16)/t10-/m0/s1. The molecule has 1 atom stereocenters. The molecule has 7 heteroatoms. The monoisotopic (exact) mass is 299 g/mol. The van der Waals surface area contributed by atoms with Gasteiger partial charge in [0.05, 0.1) is 17.4 Å². The van der Waals surface area contributed by atoms with Crippen LogP contribution in [0.5, 0.6) is 5.75 Å². The Morgan fingerprint density at radius 1 is 1.50 bits per heavy atom. The highest BCUT2D eigenvalue weighted by molar-refractivity contribution is 7.89. The van der Waals surface area contributed by atoms with E-state index < -0.39 is 21.9 Å². The number of aliphatic carboxylic acids is 1. The van der Waals surface area contributed by atoms with E-state index in [-0.39, 0.29) is 18.0 Å². The quantitative estimate of drug-likeness (QED) is 0.882. The Labute approximate surface area is 118 Å². The second-order valence-corrected chi connectivity index (χ2v) is 6.53. The molecule has 20 heavy (non-hydrogen) atoms. The molecule has 0 aliphatic carbocycles. The maximum Gasteiger partial charge on any atom is 0.307 e. The summed E-state index contributed by atoms with van der Waals surface area (Å²) >= 11 is 0. The van der Waals surface area contributed by atoms with Gasteiger partial charge in [-0.05, 0) is 25.5 Å². The number of benzene rings is 1. The summed E-state index contributed by atoms with van der Waals surface area (Å²) in [5.74, 6) is -1.09. The van der Waals surface area contributed by atoms with E-state index in [0.717, 1.165) is 0 Å². The lowest BCUT2D eigenvalue weighted by Crippen LogP contribution is -2.30. The number of carboxylic acids is 1. The Hall–Kier alpha value is -1.60. The van der Waals surface area contributed by atoms with Gasteiger partial charge in [-0.25, -0.2) is 8.42 Å². The molecule has 110 valence electrons. The van der Waals surface area contributed by atoms with E-state index in [4.69, 9.17) is 9.84 Å². The van der Waals surface area contributed by atoms with Crippen molar-refractivity contribution in [3.63, 3.8) is 0 Å². The smallest absolute Gasteiger partial charge is 0.307 e. The molecular weight excluding hydrogens is 282 g/mol. The Balaban J connectivity index is 2.23. The van der Waals surface area contributed by atoms with Crippen LogP contribution >= 0.6 is 0 Å². The average molecular weight is 299 g/mol. The summed E-state index contributed by atoms with van der Waals surface area (Å²) in [7, 11) is -3.66. The van der Waals surface area contributed by atoms with Crippen LogP contribution < -0.4 is 4.74 Å². The molecule has 1 heterocycles. The molecule has 0 aromatic heterocycles. The topological polar surface area (TPSA) is 83.9 Å². The highest BCUT2D eigenvalue weighted by Crippen LogP contribution is 2.26. The highest BCUT2D eigenvalue weighted by Gasteiger charge is 2.35. The number of sulfonamides is 1. The molecule has 0 radical (unpaired) electrons. The van der Waals surface area contributed by atoms with Gasteiger partial charge in [-0.1, -0.05) is 6.07 Å². The fraction of sp³-hybridized carbons (Fsp3) is 0.462. The molecule has 1 aliphatic rings. The van der Waals surface area contributed by atoms with Gasteiger partial charge in [0.2, 0.25) is 10.0 Å².